The minimum atomic E-state index is -0.474. The fourth-order valence-corrected chi connectivity index (χ4v) is 4.13. The number of nitro benzene ring substituents is 1. The number of thioether (sulfide) groups is 1. The van der Waals surface area contributed by atoms with E-state index >= 15 is 0 Å². The van der Waals surface area contributed by atoms with Crippen LogP contribution in [0.3, 0.4) is 0 Å². The summed E-state index contributed by atoms with van der Waals surface area (Å²) >= 11 is 1.67. The molecule has 0 radical (unpaired) electrons. The Hall–Kier alpha value is -2.94. The van der Waals surface area contributed by atoms with Crippen LogP contribution in [-0.4, -0.2) is 34.9 Å². The zero-order valence-electron chi connectivity index (χ0n) is 13.6. The molecule has 2 amide bonds. The van der Waals surface area contributed by atoms with E-state index in [1.807, 2.05) is 18.2 Å². The predicted molar refractivity (Wildman–Crippen MR) is 96.6 cm³/mol. The standard InChI is InChI=1S/C17H15N3O5S/c21-17(18-12-2-4-13(5-3-12)20(22)23)19-7-8-26-16(19)11-1-6-14-15(9-11)25-10-24-14/h1-6,9,16H,7-8,10H2,(H,18,21). The van der Waals surface area contributed by atoms with Crippen molar-refractivity contribution in [3.05, 3.63) is 58.1 Å². The number of rotatable bonds is 3. The highest BCUT2D eigenvalue weighted by Gasteiger charge is 2.32. The minimum absolute atomic E-state index is 0.0158. The first-order valence-corrected chi connectivity index (χ1v) is 9.00. The van der Waals surface area contributed by atoms with Gasteiger partial charge in [-0.2, -0.15) is 0 Å². The lowest BCUT2D eigenvalue weighted by Gasteiger charge is -2.24. The van der Waals surface area contributed by atoms with E-state index in [-0.39, 0.29) is 23.9 Å². The van der Waals surface area contributed by atoms with Crippen LogP contribution in [0.15, 0.2) is 42.5 Å². The average molecular weight is 373 g/mol. The molecule has 26 heavy (non-hydrogen) atoms. The van der Waals surface area contributed by atoms with E-state index in [1.54, 1.807) is 16.7 Å². The molecule has 1 atom stereocenters. The first kappa shape index (κ1) is 16.5. The lowest BCUT2D eigenvalue weighted by molar-refractivity contribution is -0.384. The highest BCUT2D eigenvalue weighted by molar-refractivity contribution is 7.99. The Morgan fingerprint density at radius 3 is 2.73 bits per heavy atom. The molecule has 0 saturated carbocycles. The van der Waals surface area contributed by atoms with Crippen molar-refractivity contribution in [2.45, 2.75) is 5.37 Å². The van der Waals surface area contributed by atoms with Crippen molar-refractivity contribution in [3.63, 3.8) is 0 Å². The van der Waals surface area contributed by atoms with Gasteiger partial charge < -0.3 is 19.7 Å². The number of urea groups is 1. The fraction of sp³-hybridized carbons (Fsp3) is 0.235. The second-order valence-corrected chi connectivity index (χ2v) is 6.95. The zero-order valence-corrected chi connectivity index (χ0v) is 14.4. The fourth-order valence-electron chi connectivity index (χ4n) is 2.88. The highest BCUT2D eigenvalue weighted by atomic mass is 32.2. The number of nitrogens with zero attached hydrogens (tertiary/aromatic N) is 2. The molecule has 0 aromatic heterocycles. The lowest BCUT2D eigenvalue weighted by Crippen LogP contribution is -2.34. The van der Waals surface area contributed by atoms with Gasteiger partial charge >= 0.3 is 6.03 Å². The summed E-state index contributed by atoms with van der Waals surface area (Å²) < 4.78 is 10.7. The van der Waals surface area contributed by atoms with Gasteiger partial charge in [-0.25, -0.2) is 4.79 Å². The number of non-ortho nitro benzene ring substituents is 1. The molecule has 2 aliphatic heterocycles. The Balaban J connectivity index is 1.49. The van der Waals surface area contributed by atoms with Crippen LogP contribution in [0.1, 0.15) is 10.9 Å². The molecule has 1 unspecified atom stereocenters. The molecule has 2 aromatic carbocycles. The molecule has 1 fully saturated rings. The highest BCUT2D eigenvalue weighted by Crippen LogP contribution is 2.42. The van der Waals surface area contributed by atoms with E-state index in [2.05, 4.69) is 5.32 Å². The van der Waals surface area contributed by atoms with Crippen molar-refractivity contribution in [1.29, 1.82) is 0 Å². The molecule has 9 heteroatoms. The summed E-state index contributed by atoms with van der Waals surface area (Å²) in [7, 11) is 0. The molecule has 0 aliphatic carbocycles. The molecule has 2 aliphatic rings. The zero-order chi connectivity index (χ0) is 18.1. The molecule has 1 saturated heterocycles. The number of nitrogens with one attached hydrogen (secondary N) is 1. The summed E-state index contributed by atoms with van der Waals surface area (Å²) in [6.07, 6.45) is 0. The average Bonchev–Trinajstić information content (AvgIpc) is 3.30. The second-order valence-electron chi connectivity index (χ2n) is 5.76. The van der Waals surface area contributed by atoms with Gasteiger partial charge in [-0.1, -0.05) is 6.07 Å². The molecule has 2 heterocycles. The van der Waals surface area contributed by atoms with Gasteiger partial charge in [0, 0.05) is 30.1 Å². The van der Waals surface area contributed by atoms with Crippen molar-refractivity contribution in [2.75, 3.05) is 24.4 Å². The lowest BCUT2D eigenvalue weighted by atomic mass is 10.2. The van der Waals surface area contributed by atoms with Crippen molar-refractivity contribution < 1.29 is 19.2 Å². The normalized spacial score (nSPS) is 18.0. The molecule has 2 aromatic rings. The van der Waals surface area contributed by atoms with Crippen molar-refractivity contribution in [1.82, 2.24) is 4.90 Å². The van der Waals surface area contributed by atoms with Crippen molar-refractivity contribution >= 4 is 29.2 Å². The number of amides is 2. The van der Waals surface area contributed by atoms with Crippen LogP contribution in [0.5, 0.6) is 11.5 Å². The number of hydrogen-bond acceptors (Lipinski definition) is 6. The van der Waals surface area contributed by atoms with Crippen LogP contribution >= 0.6 is 11.8 Å². The predicted octanol–water partition coefficient (Wildman–Crippen LogP) is 3.60. The van der Waals surface area contributed by atoms with Gasteiger partial charge in [-0.15, -0.1) is 11.8 Å². The van der Waals surface area contributed by atoms with Gasteiger partial charge in [0.15, 0.2) is 11.5 Å². The van der Waals surface area contributed by atoms with Crippen LogP contribution < -0.4 is 14.8 Å². The number of carbonyl (C=O) groups excluding carboxylic acids is 1. The first-order valence-electron chi connectivity index (χ1n) is 7.95. The Labute approximate surface area is 153 Å². The molecular formula is C17H15N3O5S. The summed E-state index contributed by atoms with van der Waals surface area (Å²) in [6, 6.07) is 11.2. The summed E-state index contributed by atoms with van der Waals surface area (Å²) in [5, 5.41) is 13.4. The van der Waals surface area contributed by atoms with Gasteiger partial charge in [0.25, 0.3) is 5.69 Å². The van der Waals surface area contributed by atoms with Crippen molar-refractivity contribution in [3.8, 4) is 11.5 Å². The molecule has 4 rings (SSSR count). The maximum atomic E-state index is 12.7. The number of hydrogen-bond donors (Lipinski definition) is 1. The van der Waals surface area contributed by atoms with E-state index < -0.39 is 4.92 Å². The van der Waals surface area contributed by atoms with Crippen LogP contribution in [0.2, 0.25) is 0 Å². The van der Waals surface area contributed by atoms with Crippen LogP contribution in [0, 0.1) is 10.1 Å². The molecule has 0 spiro atoms. The van der Waals surface area contributed by atoms with Gasteiger partial charge in [0.05, 0.1) is 4.92 Å². The molecular weight excluding hydrogens is 358 g/mol. The van der Waals surface area contributed by atoms with Crippen LogP contribution in [0.4, 0.5) is 16.2 Å². The minimum Gasteiger partial charge on any atom is -0.454 e. The Bertz CT molecular complexity index is 858. The van der Waals surface area contributed by atoms with E-state index in [0.717, 1.165) is 11.3 Å². The maximum Gasteiger partial charge on any atom is 0.323 e. The monoisotopic (exact) mass is 373 g/mol. The van der Waals surface area contributed by atoms with Gasteiger partial charge in [0.2, 0.25) is 6.79 Å². The smallest absolute Gasteiger partial charge is 0.323 e. The Morgan fingerprint density at radius 1 is 1.19 bits per heavy atom. The quantitative estimate of drug-likeness (QED) is 0.653. The number of fused-ring (bicyclic) bond motifs is 1. The molecule has 134 valence electrons. The van der Waals surface area contributed by atoms with E-state index in [1.165, 1.54) is 24.3 Å². The summed E-state index contributed by atoms with van der Waals surface area (Å²) in [5.74, 6) is 2.22. The van der Waals surface area contributed by atoms with Crippen molar-refractivity contribution in [2.24, 2.45) is 0 Å². The number of ether oxygens (including phenoxy) is 2. The Kier molecular flexibility index (Phi) is 4.29. The number of anilines is 1. The number of carbonyl (C=O) groups is 1. The van der Waals surface area contributed by atoms with Gasteiger partial charge in [-0.05, 0) is 29.8 Å². The van der Waals surface area contributed by atoms with E-state index in [0.29, 0.717) is 23.7 Å². The topological polar surface area (TPSA) is 93.9 Å². The number of benzene rings is 2. The molecule has 0 bridgehead atoms. The third kappa shape index (κ3) is 3.13. The maximum absolute atomic E-state index is 12.7. The Morgan fingerprint density at radius 2 is 1.96 bits per heavy atom. The van der Waals surface area contributed by atoms with Crippen LogP contribution in [0.25, 0.3) is 0 Å². The SMILES string of the molecule is O=C(Nc1ccc([N+](=O)[O-])cc1)N1CCSC1c1ccc2c(c1)OCO2. The first-order chi connectivity index (χ1) is 12.6. The van der Waals surface area contributed by atoms with Gasteiger partial charge in [-0.3, -0.25) is 10.1 Å². The second kappa shape index (κ2) is 6.75. The largest absolute Gasteiger partial charge is 0.454 e. The molecule has 8 nitrogen and oxygen atoms in total. The van der Waals surface area contributed by atoms with E-state index in [4.69, 9.17) is 9.47 Å². The third-order valence-electron chi connectivity index (χ3n) is 4.16. The van der Waals surface area contributed by atoms with Crippen LogP contribution in [-0.2, 0) is 0 Å². The third-order valence-corrected chi connectivity index (χ3v) is 5.42. The summed E-state index contributed by atoms with van der Waals surface area (Å²) in [6.45, 7) is 0.823. The van der Waals surface area contributed by atoms with E-state index in [9.17, 15) is 14.9 Å². The summed E-state index contributed by atoms with van der Waals surface area (Å²) in [5.41, 5.74) is 1.47. The summed E-state index contributed by atoms with van der Waals surface area (Å²) in [4.78, 5) is 24.6. The number of nitro groups is 1. The van der Waals surface area contributed by atoms with Gasteiger partial charge in [0.1, 0.15) is 5.37 Å². The molecule has 1 N–H and O–H groups in total.